The first-order valence-electron chi connectivity index (χ1n) is 4.64. The minimum absolute atomic E-state index is 0.562. The summed E-state index contributed by atoms with van der Waals surface area (Å²) in [5.41, 5.74) is 6.03. The van der Waals surface area contributed by atoms with E-state index in [4.69, 9.17) is 5.73 Å². The maximum Gasteiger partial charge on any atom is 0.222 e. The van der Waals surface area contributed by atoms with Crippen molar-refractivity contribution in [2.75, 3.05) is 17.6 Å². The van der Waals surface area contributed by atoms with Crippen LogP contribution in [0.5, 0.6) is 0 Å². The van der Waals surface area contributed by atoms with Crippen LogP contribution >= 0.6 is 0 Å². The highest BCUT2D eigenvalue weighted by Gasteiger charge is 1.96. The predicted octanol–water partition coefficient (Wildman–Crippen LogP) is 0.436. The van der Waals surface area contributed by atoms with Gasteiger partial charge in [0.2, 0.25) is 5.95 Å². The summed E-state index contributed by atoms with van der Waals surface area (Å²) in [5, 5.41) is 3.07. The van der Waals surface area contributed by atoms with Crippen molar-refractivity contribution in [2.45, 2.75) is 6.42 Å². The zero-order chi connectivity index (χ0) is 10.5. The predicted molar refractivity (Wildman–Crippen MR) is 57.2 cm³/mol. The van der Waals surface area contributed by atoms with E-state index in [2.05, 4.69) is 25.3 Å². The van der Waals surface area contributed by atoms with Gasteiger partial charge in [-0.2, -0.15) is 0 Å². The third-order valence-corrected chi connectivity index (χ3v) is 1.87. The van der Waals surface area contributed by atoms with E-state index < -0.39 is 0 Å². The molecular weight excluding hydrogens is 192 g/mol. The van der Waals surface area contributed by atoms with Gasteiger partial charge in [0, 0.05) is 25.4 Å². The molecule has 0 aromatic carbocycles. The van der Waals surface area contributed by atoms with Crippen LogP contribution < -0.4 is 11.1 Å². The third-order valence-electron chi connectivity index (χ3n) is 1.87. The van der Waals surface area contributed by atoms with Gasteiger partial charge in [-0.3, -0.25) is 0 Å². The van der Waals surface area contributed by atoms with Crippen molar-refractivity contribution in [2.24, 2.45) is 0 Å². The molecule has 2 rings (SSSR count). The quantitative estimate of drug-likeness (QED) is 0.671. The fourth-order valence-corrected chi connectivity index (χ4v) is 1.16. The van der Waals surface area contributed by atoms with E-state index in [-0.39, 0.29) is 0 Å². The molecule has 0 saturated carbocycles. The molecule has 6 heteroatoms. The van der Waals surface area contributed by atoms with Crippen molar-refractivity contribution in [1.29, 1.82) is 0 Å². The van der Waals surface area contributed by atoms with Crippen LogP contribution in [-0.2, 0) is 6.42 Å². The smallest absolute Gasteiger partial charge is 0.222 e. The van der Waals surface area contributed by atoms with Crippen molar-refractivity contribution in [3.8, 4) is 0 Å². The van der Waals surface area contributed by atoms with E-state index in [0.29, 0.717) is 11.6 Å². The van der Waals surface area contributed by atoms with Crippen LogP contribution in [-0.4, -0.2) is 26.5 Å². The molecule has 0 radical (unpaired) electrons. The Morgan fingerprint density at radius 3 is 2.73 bits per heavy atom. The number of imidazole rings is 1. The van der Waals surface area contributed by atoms with Crippen LogP contribution in [0.2, 0.25) is 0 Å². The van der Waals surface area contributed by atoms with Gasteiger partial charge in [0.25, 0.3) is 0 Å². The Labute approximate surface area is 87.0 Å². The molecule has 0 aliphatic carbocycles. The first-order valence-corrected chi connectivity index (χ1v) is 4.64. The van der Waals surface area contributed by atoms with Crippen molar-refractivity contribution in [3.63, 3.8) is 0 Å². The van der Waals surface area contributed by atoms with Crippen molar-refractivity contribution < 1.29 is 0 Å². The fraction of sp³-hybridized carbons (Fsp3) is 0.222. The number of nitrogen functional groups attached to an aromatic ring is 1. The lowest BCUT2D eigenvalue weighted by atomic mass is 10.4. The summed E-state index contributed by atoms with van der Waals surface area (Å²) in [5.74, 6) is 1.52. The van der Waals surface area contributed by atoms with Gasteiger partial charge in [-0.05, 0) is 0 Å². The Hall–Kier alpha value is -2.11. The lowest BCUT2D eigenvalue weighted by Gasteiger charge is -2.02. The second-order valence-corrected chi connectivity index (χ2v) is 3.05. The highest BCUT2D eigenvalue weighted by atomic mass is 15.1. The summed E-state index contributed by atoms with van der Waals surface area (Å²) in [6, 6.07) is 0. The Bertz CT molecular complexity index is 393. The molecule has 0 aliphatic rings. The van der Waals surface area contributed by atoms with Gasteiger partial charge < -0.3 is 16.0 Å². The molecule has 6 nitrogen and oxygen atoms in total. The number of rotatable bonds is 4. The number of aromatic nitrogens is 4. The Kier molecular flexibility index (Phi) is 2.77. The maximum absolute atomic E-state index is 5.46. The molecule has 0 spiro atoms. The molecule has 0 unspecified atom stereocenters. The third kappa shape index (κ3) is 2.67. The molecule has 2 heterocycles. The number of H-pyrrole nitrogens is 1. The standard InChI is InChI=1S/C9H12N6/c10-7-5-14-9(15-6-7)13-2-1-8-11-3-4-12-8/h3-6H,1-2,10H2,(H,11,12)(H,13,14,15). The monoisotopic (exact) mass is 204 g/mol. The normalized spacial score (nSPS) is 10.1. The van der Waals surface area contributed by atoms with Gasteiger partial charge in [-0.25, -0.2) is 15.0 Å². The minimum atomic E-state index is 0.562. The largest absolute Gasteiger partial charge is 0.396 e. The first-order chi connectivity index (χ1) is 7.34. The average Bonchev–Trinajstić information content (AvgIpc) is 2.74. The van der Waals surface area contributed by atoms with E-state index in [1.54, 1.807) is 24.8 Å². The minimum Gasteiger partial charge on any atom is -0.396 e. The van der Waals surface area contributed by atoms with Crippen LogP contribution in [0.1, 0.15) is 5.82 Å². The second-order valence-electron chi connectivity index (χ2n) is 3.05. The number of nitrogens with two attached hydrogens (primary N) is 1. The fourth-order valence-electron chi connectivity index (χ4n) is 1.16. The van der Waals surface area contributed by atoms with Crippen LogP contribution in [0.15, 0.2) is 24.8 Å². The van der Waals surface area contributed by atoms with Crippen molar-refractivity contribution >= 4 is 11.6 Å². The molecule has 0 atom stereocenters. The molecule has 2 aromatic heterocycles. The van der Waals surface area contributed by atoms with E-state index in [1.165, 1.54) is 0 Å². The Morgan fingerprint density at radius 1 is 1.27 bits per heavy atom. The van der Waals surface area contributed by atoms with E-state index in [1.807, 2.05) is 0 Å². The molecule has 15 heavy (non-hydrogen) atoms. The maximum atomic E-state index is 5.46. The molecule has 4 N–H and O–H groups in total. The summed E-state index contributed by atoms with van der Waals surface area (Å²) < 4.78 is 0. The lowest BCUT2D eigenvalue weighted by Crippen LogP contribution is -2.08. The number of nitrogens with one attached hydrogen (secondary N) is 2. The molecule has 78 valence electrons. The molecular formula is C9H12N6. The van der Waals surface area contributed by atoms with Gasteiger partial charge in [0.1, 0.15) is 5.82 Å². The molecule has 0 fully saturated rings. The molecule has 0 saturated heterocycles. The lowest BCUT2D eigenvalue weighted by molar-refractivity contribution is 0.913. The summed E-state index contributed by atoms with van der Waals surface area (Å²) in [4.78, 5) is 15.2. The van der Waals surface area contributed by atoms with Gasteiger partial charge in [0.15, 0.2) is 0 Å². The van der Waals surface area contributed by atoms with E-state index in [0.717, 1.165) is 18.8 Å². The highest BCUT2D eigenvalue weighted by molar-refractivity contribution is 5.35. The van der Waals surface area contributed by atoms with Crippen LogP contribution in [0.4, 0.5) is 11.6 Å². The number of hydrogen-bond donors (Lipinski definition) is 3. The van der Waals surface area contributed by atoms with Gasteiger partial charge in [-0.1, -0.05) is 0 Å². The first kappa shape index (κ1) is 9.45. The molecule has 0 amide bonds. The van der Waals surface area contributed by atoms with Gasteiger partial charge in [0.05, 0.1) is 18.1 Å². The number of nitrogens with zero attached hydrogens (tertiary/aromatic N) is 3. The van der Waals surface area contributed by atoms with Crippen LogP contribution in [0.25, 0.3) is 0 Å². The second kappa shape index (κ2) is 4.41. The summed E-state index contributed by atoms with van der Waals surface area (Å²) in [6.45, 7) is 0.734. The topological polar surface area (TPSA) is 92.5 Å². The highest BCUT2D eigenvalue weighted by Crippen LogP contribution is 2.00. The summed E-state index contributed by atoms with van der Waals surface area (Å²) >= 11 is 0. The number of aromatic amines is 1. The number of hydrogen-bond acceptors (Lipinski definition) is 5. The Balaban J connectivity index is 1.81. The molecule has 2 aromatic rings. The van der Waals surface area contributed by atoms with Crippen LogP contribution in [0, 0.1) is 0 Å². The SMILES string of the molecule is Nc1cnc(NCCc2ncc[nH]2)nc1. The summed E-state index contributed by atoms with van der Waals surface area (Å²) in [6.07, 6.45) is 7.48. The molecule has 0 bridgehead atoms. The number of anilines is 2. The summed E-state index contributed by atoms with van der Waals surface area (Å²) in [7, 11) is 0. The van der Waals surface area contributed by atoms with Gasteiger partial charge in [-0.15, -0.1) is 0 Å². The Morgan fingerprint density at radius 2 is 2.07 bits per heavy atom. The van der Waals surface area contributed by atoms with Crippen molar-refractivity contribution in [3.05, 3.63) is 30.6 Å². The van der Waals surface area contributed by atoms with Crippen LogP contribution in [0.3, 0.4) is 0 Å². The van der Waals surface area contributed by atoms with Crippen molar-refractivity contribution in [1.82, 2.24) is 19.9 Å². The molecule has 0 aliphatic heterocycles. The van der Waals surface area contributed by atoms with E-state index in [9.17, 15) is 0 Å². The van der Waals surface area contributed by atoms with E-state index >= 15 is 0 Å². The zero-order valence-corrected chi connectivity index (χ0v) is 8.14. The van der Waals surface area contributed by atoms with Gasteiger partial charge >= 0.3 is 0 Å². The average molecular weight is 204 g/mol. The zero-order valence-electron chi connectivity index (χ0n) is 8.14.